The molecule has 0 aliphatic heterocycles. The van der Waals surface area contributed by atoms with Crippen LogP contribution in [0.15, 0.2) is 18.2 Å². The zero-order chi connectivity index (χ0) is 16.6. The molecule has 0 amide bonds. The van der Waals surface area contributed by atoms with Crippen LogP contribution in [0.1, 0.15) is 29.7 Å². The van der Waals surface area contributed by atoms with Crippen molar-refractivity contribution in [2.45, 2.75) is 25.7 Å². The Hall–Kier alpha value is -2.65. The molecule has 6 nitrogen and oxygen atoms in total. The van der Waals surface area contributed by atoms with Gasteiger partial charge in [-0.15, -0.1) is 0 Å². The Morgan fingerprint density at radius 1 is 1.35 bits per heavy atom. The molecule has 0 saturated carbocycles. The summed E-state index contributed by atoms with van der Waals surface area (Å²) in [5.41, 5.74) is 9.06. The van der Waals surface area contributed by atoms with E-state index in [1.54, 1.807) is 6.07 Å². The minimum absolute atomic E-state index is 0.0631. The lowest BCUT2D eigenvalue weighted by Crippen LogP contribution is -2.11. The number of hydrogen-bond donors (Lipinski definition) is 1. The third-order valence-corrected chi connectivity index (χ3v) is 4.36. The maximum atomic E-state index is 11.1. The number of nitrogens with zero attached hydrogens (tertiary/aromatic N) is 3. The Balaban J connectivity index is 2.31. The van der Waals surface area contributed by atoms with Crippen molar-refractivity contribution in [3.05, 3.63) is 50.2 Å². The van der Waals surface area contributed by atoms with Gasteiger partial charge >= 0.3 is 0 Å². The molecular weight excluding hydrogens is 316 g/mol. The summed E-state index contributed by atoms with van der Waals surface area (Å²) in [5, 5.41) is 20.7. The molecule has 0 bridgehead atoms. The molecule has 0 unspecified atom stereocenters. The fourth-order valence-corrected chi connectivity index (χ4v) is 3.19. The Morgan fingerprint density at radius 3 is 2.78 bits per heavy atom. The topological polar surface area (TPSA) is 106 Å². The normalized spacial score (nSPS) is 13.2. The van der Waals surface area contributed by atoms with Crippen molar-refractivity contribution in [3.8, 4) is 17.2 Å². The zero-order valence-corrected chi connectivity index (χ0v) is 12.9. The van der Waals surface area contributed by atoms with Crippen molar-refractivity contribution in [1.29, 1.82) is 5.26 Å². The first kappa shape index (κ1) is 15.3. The van der Waals surface area contributed by atoms with E-state index in [0.29, 0.717) is 11.1 Å². The maximum Gasteiger partial charge on any atom is 0.288 e. The van der Waals surface area contributed by atoms with Gasteiger partial charge in [-0.05, 0) is 42.9 Å². The Bertz CT molecular complexity index is 858. The van der Waals surface area contributed by atoms with E-state index in [-0.39, 0.29) is 22.1 Å². The van der Waals surface area contributed by atoms with Crippen molar-refractivity contribution in [1.82, 2.24) is 4.98 Å². The number of nitrogens with two attached hydrogens (primary N) is 1. The molecule has 2 N–H and O–H groups in total. The molecule has 0 fully saturated rings. The predicted octanol–water partition coefficient (Wildman–Crippen LogP) is 3.64. The maximum absolute atomic E-state index is 11.1. The van der Waals surface area contributed by atoms with Crippen LogP contribution in [0.4, 0.5) is 11.5 Å². The lowest BCUT2D eigenvalue weighted by molar-refractivity contribution is -0.384. The van der Waals surface area contributed by atoms with Gasteiger partial charge in [0, 0.05) is 17.3 Å². The Morgan fingerprint density at radius 2 is 2.09 bits per heavy atom. The number of aromatic nitrogens is 1. The van der Waals surface area contributed by atoms with Crippen LogP contribution in [-0.4, -0.2) is 9.91 Å². The van der Waals surface area contributed by atoms with Gasteiger partial charge in [0.25, 0.3) is 5.69 Å². The second-order valence-corrected chi connectivity index (χ2v) is 5.82. The van der Waals surface area contributed by atoms with E-state index in [9.17, 15) is 15.4 Å². The molecule has 0 radical (unpaired) electrons. The number of nitrogen functional groups attached to an aromatic ring is 1. The summed E-state index contributed by atoms with van der Waals surface area (Å²) in [5.74, 6) is 0.167. The first-order valence-corrected chi connectivity index (χ1v) is 7.56. The highest BCUT2D eigenvalue weighted by atomic mass is 35.5. The summed E-state index contributed by atoms with van der Waals surface area (Å²) < 4.78 is 0. The van der Waals surface area contributed by atoms with Gasteiger partial charge in [0.2, 0.25) is 0 Å². The van der Waals surface area contributed by atoms with Gasteiger partial charge in [-0.25, -0.2) is 4.98 Å². The van der Waals surface area contributed by atoms with E-state index < -0.39 is 4.92 Å². The van der Waals surface area contributed by atoms with Gasteiger partial charge < -0.3 is 5.73 Å². The van der Waals surface area contributed by atoms with Crippen molar-refractivity contribution in [2.24, 2.45) is 0 Å². The van der Waals surface area contributed by atoms with Crippen molar-refractivity contribution >= 4 is 23.1 Å². The molecule has 7 heteroatoms. The van der Waals surface area contributed by atoms with E-state index in [1.807, 2.05) is 0 Å². The first-order valence-electron chi connectivity index (χ1n) is 7.18. The summed E-state index contributed by atoms with van der Waals surface area (Å²) in [6, 6.07) is 6.64. The molecule has 0 spiro atoms. The predicted molar refractivity (Wildman–Crippen MR) is 87.1 cm³/mol. The zero-order valence-electron chi connectivity index (χ0n) is 12.2. The molecule has 1 aliphatic rings. The number of rotatable bonds is 2. The summed E-state index contributed by atoms with van der Waals surface area (Å²) in [6.07, 6.45) is 3.59. The van der Waals surface area contributed by atoms with Crippen LogP contribution in [0, 0.1) is 21.4 Å². The fourth-order valence-electron chi connectivity index (χ4n) is 3.00. The molecule has 116 valence electrons. The number of pyridine rings is 1. The number of anilines is 1. The second-order valence-electron chi connectivity index (χ2n) is 5.41. The van der Waals surface area contributed by atoms with Gasteiger partial charge in [-0.2, -0.15) is 5.26 Å². The van der Waals surface area contributed by atoms with E-state index in [4.69, 9.17) is 17.3 Å². The van der Waals surface area contributed by atoms with Crippen molar-refractivity contribution in [2.75, 3.05) is 5.73 Å². The lowest BCUT2D eigenvalue weighted by Gasteiger charge is -2.21. The van der Waals surface area contributed by atoms with Crippen LogP contribution in [0.5, 0.6) is 0 Å². The van der Waals surface area contributed by atoms with Crippen LogP contribution in [0.25, 0.3) is 11.1 Å². The van der Waals surface area contributed by atoms with Crippen LogP contribution in [-0.2, 0) is 12.8 Å². The molecule has 0 saturated heterocycles. The molecule has 23 heavy (non-hydrogen) atoms. The van der Waals surface area contributed by atoms with Gasteiger partial charge in [0.1, 0.15) is 22.5 Å². The number of fused-ring (bicyclic) bond motifs is 1. The van der Waals surface area contributed by atoms with Crippen LogP contribution in [0.3, 0.4) is 0 Å². The minimum atomic E-state index is -0.533. The number of nitro groups is 1. The molecule has 2 aromatic rings. The standard InChI is InChI=1S/C16H13ClN4O2/c17-12-6-5-9(7-14(12)21(22)23)15-10-3-1-2-4-13(10)20-16(19)11(15)8-18/h5-7H,1-4H2,(H2,19,20). The smallest absolute Gasteiger partial charge is 0.288 e. The van der Waals surface area contributed by atoms with Gasteiger partial charge in [0.15, 0.2) is 0 Å². The van der Waals surface area contributed by atoms with Crippen LogP contribution in [0.2, 0.25) is 5.02 Å². The molecular formula is C16H13ClN4O2. The molecule has 0 atom stereocenters. The van der Waals surface area contributed by atoms with E-state index in [0.717, 1.165) is 36.9 Å². The van der Waals surface area contributed by atoms with E-state index in [1.165, 1.54) is 12.1 Å². The number of nitriles is 1. The summed E-state index contributed by atoms with van der Waals surface area (Å²) in [4.78, 5) is 14.9. The van der Waals surface area contributed by atoms with E-state index in [2.05, 4.69) is 11.1 Å². The molecule has 1 heterocycles. The third kappa shape index (κ3) is 2.60. The summed E-state index contributed by atoms with van der Waals surface area (Å²) in [6.45, 7) is 0. The van der Waals surface area contributed by atoms with E-state index >= 15 is 0 Å². The average molecular weight is 329 g/mol. The molecule has 3 rings (SSSR count). The Kier molecular flexibility index (Phi) is 3.89. The third-order valence-electron chi connectivity index (χ3n) is 4.05. The van der Waals surface area contributed by atoms with Crippen LogP contribution < -0.4 is 5.73 Å². The minimum Gasteiger partial charge on any atom is -0.383 e. The second kappa shape index (κ2) is 5.86. The SMILES string of the molecule is N#Cc1c(N)nc2c(c1-c1ccc(Cl)c([N+](=O)[O-])c1)CCCC2. The largest absolute Gasteiger partial charge is 0.383 e. The van der Waals surface area contributed by atoms with Crippen molar-refractivity contribution < 1.29 is 4.92 Å². The number of halogens is 1. The molecule has 1 aromatic heterocycles. The van der Waals surface area contributed by atoms with Gasteiger partial charge in [-0.1, -0.05) is 17.7 Å². The lowest BCUT2D eigenvalue weighted by atomic mass is 9.86. The average Bonchev–Trinajstić information content (AvgIpc) is 2.54. The molecule has 1 aromatic carbocycles. The summed E-state index contributed by atoms with van der Waals surface area (Å²) >= 11 is 5.88. The fraction of sp³-hybridized carbons (Fsp3) is 0.250. The number of hydrogen-bond acceptors (Lipinski definition) is 5. The van der Waals surface area contributed by atoms with Crippen LogP contribution >= 0.6 is 11.6 Å². The summed E-state index contributed by atoms with van der Waals surface area (Å²) in [7, 11) is 0. The first-order chi connectivity index (χ1) is 11.0. The highest BCUT2D eigenvalue weighted by molar-refractivity contribution is 6.32. The quantitative estimate of drug-likeness (QED) is 0.669. The molecule has 1 aliphatic carbocycles. The van der Waals surface area contributed by atoms with Crippen molar-refractivity contribution in [3.63, 3.8) is 0 Å². The monoisotopic (exact) mass is 328 g/mol. The number of benzene rings is 1. The van der Waals surface area contributed by atoms with Gasteiger partial charge in [0.05, 0.1) is 4.92 Å². The number of nitro benzene ring substituents is 1. The number of aryl methyl sites for hydroxylation is 1. The highest BCUT2D eigenvalue weighted by Crippen LogP contribution is 2.38. The van der Waals surface area contributed by atoms with Gasteiger partial charge in [-0.3, -0.25) is 10.1 Å². The Labute approximate surface area is 137 Å². The highest BCUT2D eigenvalue weighted by Gasteiger charge is 2.23.